The molecule has 3 amide bonds. The lowest BCUT2D eigenvalue weighted by atomic mass is 9.72. The molecule has 1 aliphatic heterocycles. The van der Waals surface area contributed by atoms with E-state index in [1.807, 2.05) is 20.8 Å². The smallest absolute Gasteiger partial charge is 0.233 e. The molecule has 1 saturated heterocycles. The Balaban J connectivity index is 2.70. The van der Waals surface area contributed by atoms with Crippen LogP contribution < -0.4 is 5.32 Å². The predicted octanol–water partition coefficient (Wildman–Crippen LogP) is 0.644. The fourth-order valence-electron chi connectivity index (χ4n) is 2.60. The van der Waals surface area contributed by atoms with Crippen LogP contribution in [0.2, 0.25) is 0 Å². The van der Waals surface area contributed by atoms with E-state index < -0.39 is 6.73 Å². The number of nitrogens with zero attached hydrogens (tertiary/aromatic N) is 1. The molecule has 1 rings (SSSR count). The molecular formula is C14H24N2O4. The van der Waals surface area contributed by atoms with Crippen LogP contribution in [-0.4, -0.2) is 41.0 Å². The Hall–Kier alpha value is -1.43. The van der Waals surface area contributed by atoms with E-state index in [0.29, 0.717) is 0 Å². The van der Waals surface area contributed by atoms with Gasteiger partial charge in [-0.25, -0.2) is 0 Å². The Morgan fingerprint density at radius 1 is 1.40 bits per heavy atom. The van der Waals surface area contributed by atoms with Gasteiger partial charge in [-0.3, -0.25) is 19.3 Å². The van der Waals surface area contributed by atoms with Crippen molar-refractivity contribution in [1.82, 2.24) is 10.2 Å². The second-order valence-electron chi connectivity index (χ2n) is 5.51. The monoisotopic (exact) mass is 284 g/mol. The van der Waals surface area contributed by atoms with Crippen LogP contribution in [0.25, 0.3) is 0 Å². The largest absolute Gasteiger partial charge is 0.377 e. The van der Waals surface area contributed by atoms with Crippen LogP contribution in [0, 0.1) is 11.3 Å². The minimum atomic E-state index is -0.437. The highest BCUT2D eigenvalue weighted by atomic mass is 16.3. The molecule has 2 N–H and O–H groups in total. The molecule has 114 valence electrons. The quantitative estimate of drug-likeness (QED) is 0.530. The maximum Gasteiger partial charge on any atom is 0.233 e. The third-order valence-electron chi connectivity index (χ3n) is 4.54. The van der Waals surface area contributed by atoms with Gasteiger partial charge in [-0.05, 0) is 18.3 Å². The van der Waals surface area contributed by atoms with Crippen molar-refractivity contribution in [3.63, 3.8) is 0 Å². The van der Waals surface area contributed by atoms with Crippen LogP contribution in [0.1, 0.15) is 46.5 Å². The number of carbonyl (C=O) groups is 3. The first-order chi connectivity index (χ1) is 9.39. The second-order valence-corrected chi connectivity index (χ2v) is 5.51. The Kier molecular flexibility index (Phi) is 5.68. The summed E-state index contributed by atoms with van der Waals surface area (Å²) in [7, 11) is 0. The van der Waals surface area contributed by atoms with Crippen molar-refractivity contribution < 1.29 is 19.5 Å². The summed E-state index contributed by atoms with van der Waals surface area (Å²) in [6.07, 6.45) is 1.94. The summed E-state index contributed by atoms with van der Waals surface area (Å²) in [4.78, 5) is 36.8. The molecule has 1 heterocycles. The Labute approximate surface area is 119 Å². The van der Waals surface area contributed by atoms with Crippen molar-refractivity contribution in [1.29, 1.82) is 0 Å². The summed E-state index contributed by atoms with van der Waals surface area (Å²) in [5.74, 6) is -1.03. The SMILES string of the molecule is CCC(C)(CC)C1CC(=O)N(CCC(=O)NCO)C1=O. The molecular weight excluding hydrogens is 260 g/mol. The molecule has 0 bridgehead atoms. The lowest BCUT2D eigenvalue weighted by Crippen LogP contribution is -2.38. The van der Waals surface area contributed by atoms with Gasteiger partial charge < -0.3 is 10.4 Å². The van der Waals surface area contributed by atoms with Crippen molar-refractivity contribution in [3.8, 4) is 0 Å². The Morgan fingerprint density at radius 3 is 2.50 bits per heavy atom. The van der Waals surface area contributed by atoms with E-state index in [9.17, 15) is 14.4 Å². The van der Waals surface area contributed by atoms with E-state index in [2.05, 4.69) is 5.32 Å². The second kappa shape index (κ2) is 6.83. The first-order valence-corrected chi connectivity index (χ1v) is 7.11. The van der Waals surface area contributed by atoms with E-state index in [0.717, 1.165) is 12.8 Å². The molecule has 1 fully saturated rings. The van der Waals surface area contributed by atoms with Gasteiger partial charge >= 0.3 is 0 Å². The highest BCUT2D eigenvalue weighted by molar-refractivity contribution is 6.04. The molecule has 0 aliphatic carbocycles. The van der Waals surface area contributed by atoms with Gasteiger partial charge in [0.2, 0.25) is 17.7 Å². The van der Waals surface area contributed by atoms with Gasteiger partial charge in [0, 0.05) is 19.4 Å². The third-order valence-corrected chi connectivity index (χ3v) is 4.54. The summed E-state index contributed by atoms with van der Waals surface area (Å²) in [6.45, 7) is 5.73. The van der Waals surface area contributed by atoms with Gasteiger partial charge in [0.1, 0.15) is 6.73 Å². The number of amides is 3. The molecule has 1 aliphatic rings. The van der Waals surface area contributed by atoms with Crippen LogP contribution in [-0.2, 0) is 14.4 Å². The van der Waals surface area contributed by atoms with E-state index >= 15 is 0 Å². The highest BCUT2D eigenvalue weighted by Gasteiger charge is 2.46. The van der Waals surface area contributed by atoms with Crippen LogP contribution in [0.3, 0.4) is 0 Å². The molecule has 6 nitrogen and oxygen atoms in total. The van der Waals surface area contributed by atoms with Gasteiger partial charge in [-0.2, -0.15) is 0 Å². The summed E-state index contributed by atoms with van der Waals surface area (Å²) in [6, 6.07) is 0. The van der Waals surface area contributed by atoms with Crippen molar-refractivity contribution in [2.75, 3.05) is 13.3 Å². The maximum absolute atomic E-state index is 12.4. The number of hydrogen-bond donors (Lipinski definition) is 2. The minimum Gasteiger partial charge on any atom is -0.377 e. The number of carbonyl (C=O) groups excluding carboxylic acids is 3. The fourth-order valence-corrected chi connectivity index (χ4v) is 2.60. The van der Waals surface area contributed by atoms with Crippen molar-refractivity contribution in [3.05, 3.63) is 0 Å². The fraction of sp³-hybridized carbons (Fsp3) is 0.786. The zero-order valence-electron chi connectivity index (χ0n) is 12.4. The molecule has 0 aromatic rings. The number of hydrogen-bond acceptors (Lipinski definition) is 4. The number of likely N-dealkylation sites (tertiary alicyclic amines) is 1. The molecule has 0 spiro atoms. The average Bonchev–Trinajstić information content (AvgIpc) is 2.72. The molecule has 6 heteroatoms. The standard InChI is InChI=1S/C14H24N2O4/c1-4-14(3,5-2)10-8-12(19)16(13(10)20)7-6-11(18)15-9-17/h10,17H,4-9H2,1-3H3,(H,15,18). The van der Waals surface area contributed by atoms with E-state index in [1.165, 1.54) is 4.90 Å². The number of nitrogens with one attached hydrogen (secondary N) is 1. The van der Waals surface area contributed by atoms with E-state index in [-0.39, 0.29) is 48.4 Å². The summed E-state index contributed by atoms with van der Waals surface area (Å²) in [5, 5.41) is 10.8. The Bertz CT molecular complexity index is 391. The predicted molar refractivity (Wildman–Crippen MR) is 73.4 cm³/mol. The lowest BCUT2D eigenvalue weighted by Gasteiger charge is -2.31. The van der Waals surface area contributed by atoms with E-state index in [4.69, 9.17) is 5.11 Å². The topological polar surface area (TPSA) is 86.7 Å². The van der Waals surface area contributed by atoms with Crippen molar-refractivity contribution in [2.24, 2.45) is 11.3 Å². The average molecular weight is 284 g/mol. The number of aliphatic hydroxyl groups excluding tert-OH is 1. The first-order valence-electron chi connectivity index (χ1n) is 7.11. The normalized spacial score (nSPS) is 19.6. The first kappa shape index (κ1) is 16.6. The van der Waals surface area contributed by atoms with Gasteiger partial charge in [-0.15, -0.1) is 0 Å². The van der Waals surface area contributed by atoms with Gasteiger partial charge in [-0.1, -0.05) is 20.8 Å². The third kappa shape index (κ3) is 3.36. The zero-order valence-corrected chi connectivity index (χ0v) is 12.4. The molecule has 1 unspecified atom stereocenters. The number of aliphatic hydroxyl groups is 1. The van der Waals surface area contributed by atoms with Gasteiger partial charge in [0.25, 0.3) is 0 Å². The van der Waals surface area contributed by atoms with E-state index in [1.54, 1.807) is 0 Å². The zero-order chi connectivity index (χ0) is 15.3. The molecule has 0 saturated carbocycles. The minimum absolute atomic E-state index is 0.0275. The van der Waals surface area contributed by atoms with Crippen LogP contribution in [0.4, 0.5) is 0 Å². The molecule has 0 radical (unpaired) electrons. The van der Waals surface area contributed by atoms with Gasteiger partial charge in [0.05, 0.1) is 5.92 Å². The Morgan fingerprint density at radius 2 is 2.00 bits per heavy atom. The number of imide groups is 1. The molecule has 1 atom stereocenters. The lowest BCUT2D eigenvalue weighted by molar-refractivity contribution is -0.141. The van der Waals surface area contributed by atoms with Gasteiger partial charge in [0.15, 0.2) is 0 Å². The summed E-state index contributed by atoms with van der Waals surface area (Å²) in [5.41, 5.74) is -0.172. The summed E-state index contributed by atoms with van der Waals surface area (Å²) >= 11 is 0. The maximum atomic E-state index is 12.4. The molecule has 0 aromatic carbocycles. The highest BCUT2D eigenvalue weighted by Crippen LogP contribution is 2.41. The van der Waals surface area contributed by atoms with Crippen molar-refractivity contribution >= 4 is 17.7 Å². The van der Waals surface area contributed by atoms with Crippen LogP contribution >= 0.6 is 0 Å². The van der Waals surface area contributed by atoms with Crippen LogP contribution in [0.15, 0.2) is 0 Å². The van der Waals surface area contributed by atoms with Crippen LogP contribution in [0.5, 0.6) is 0 Å². The molecule has 0 aromatic heterocycles. The summed E-state index contributed by atoms with van der Waals surface area (Å²) < 4.78 is 0. The number of rotatable bonds is 7. The molecule has 20 heavy (non-hydrogen) atoms. The van der Waals surface area contributed by atoms with Crippen molar-refractivity contribution in [2.45, 2.75) is 46.5 Å².